The van der Waals surface area contributed by atoms with E-state index in [0.29, 0.717) is 19.0 Å². The van der Waals surface area contributed by atoms with Gasteiger partial charge in [0.15, 0.2) is 0 Å². The van der Waals surface area contributed by atoms with Crippen molar-refractivity contribution in [2.75, 3.05) is 13.2 Å². The number of carbonyl (C=O) groups excluding carboxylic acids is 1. The smallest absolute Gasteiger partial charge is 0.238 e. The fourth-order valence-corrected chi connectivity index (χ4v) is 2.29. The van der Waals surface area contributed by atoms with Gasteiger partial charge in [0.05, 0.1) is 13.0 Å². The van der Waals surface area contributed by atoms with Crippen molar-refractivity contribution < 1.29 is 9.90 Å². The summed E-state index contributed by atoms with van der Waals surface area (Å²) in [5.74, 6) is 4.95. The topological polar surface area (TPSA) is 78.6 Å². The second-order valence-electron chi connectivity index (χ2n) is 4.94. The van der Waals surface area contributed by atoms with Crippen LogP contribution < -0.4 is 11.3 Å². The Bertz CT molecular complexity index is 432. The first kappa shape index (κ1) is 14.0. The van der Waals surface area contributed by atoms with Gasteiger partial charge in [0.1, 0.15) is 0 Å². The van der Waals surface area contributed by atoms with E-state index >= 15 is 0 Å². The molecule has 5 heteroatoms. The molecule has 0 atom stereocenters. The zero-order valence-electron chi connectivity index (χ0n) is 11.0. The molecule has 5 nitrogen and oxygen atoms in total. The van der Waals surface area contributed by atoms with E-state index in [0.717, 1.165) is 17.7 Å². The van der Waals surface area contributed by atoms with Crippen LogP contribution in [-0.4, -0.2) is 35.1 Å². The molecule has 1 fully saturated rings. The minimum atomic E-state index is -0.187. The van der Waals surface area contributed by atoms with Crippen LogP contribution in [0.1, 0.15) is 24.0 Å². The van der Waals surface area contributed by atoms with Crippen LogP contribution in [0.15, 0.2) is 24.3 Å². The van der Waals surface area contributed by atoms with Crippen molar-refractivity contribution in [1.29, 1.82) is 0 Å². The standard InChI is InChI=1S/C14H21N3O2/c15-16-14(19)9-11-3-1-2-4-12(11)10-17(7-8-18)13-5-6-13/h1-4,13,18H,5-10,15H2,(H,16,19). The highest BCUT2D eigenvalue weighted by Gasteiger charge is 2.28. The van der Waals surface area contributed by atoms with Crippen molar-refractivity contribution in [3.63, 3.8) is 0 Å². The summed E-state index contributed by atoms with van der Waals surface area (Å²) >= 11 is 0. The second-order valence-corrected chi connectivity index (χ2v) is 4.94. The maximum Gasteiger partial charge on any atom is 0.238 e. The van der Waals surface area contributed by atoms with Crippen LogP contribution in [0.4, 0.5) is 0 Å². The average Bonchev–Trinajstić information content (AvgIpc) is 3.24. The first-order valence-corrected chi connectivity index (χ1v) is 6.65. The molecule has 0 heterocycles. The van der Waals surface area contributed by atoms with E-state index in [1.807, 2.05) is 24.3 Å². The minimum Gasteiger partial charge on any atom is -0.395 e. The number of aliphatic hydroxyl groups excluding tert-OH is 1. The highest BCUT2D eigenvalue weighted by molar-refractivity contribution is 5.78. The minimum absolute atomic E-state index is 0.169. The van der Waals surface area contributed by atoms with Crippen LogP contribution in [0.5, 0.6) is 0 Å². The molecule has 1 aromatic carbocycles. The molecule has 19 heavy (non-hydrogen) atoms. The lowest BCUT2D eigenvalue weighted by Crippen LogP contribution is -2.32. The molecule has 1 aliphatic carbocycles. The van der Waals surface area contributed by atoms with Gasteiger partial charge in [0.2, 0.25) is 5.91 Å². The molecule has 0 radical (unpaired) electrons. The fraction of sp³-hybridized carbons (Fsp3) is 0.500. The quantitative estimate of drug-likeness (QED) is 0.372. The first-order chi connectivity index (χ1) is 9.24. The molecule has 0 aromatic heterocycles. The Hall–Kier alpha value is -1.43. The highest BCUT2D eigenvalue weighted by atomic mass is 16.3. The van der Waals surface area contributed by atoms with Gasteiger partial charge in [-0.1, -0.05) is 24.3 Å². The Morgan fingerprint density at radius 1 is 1.37 bits per heavy atom. The average molecular weight is 263 g/mol. The number of nitrogens with zero attached hydrogens (tertiary/aromatic N) is 1. The Morgan fingerprint density at radius 3 is 2.63 bits per heavy atom. The van der Waals surface area contributed by atoms with Crippen LogP contribution in [0, 0.1) is 0 Å². The molecular weight excluding hydrogens is 242 g/mol. The van der Waals surface area contributed by atoms with Gasteiger partial charge in [-0.25, -0.2) is 5.84 Å². The normalized spacial score (nSPS) is 14.7. The summed E-state index contributed by atoms with van der Waals surface area (Å²) in [6, 6.07) is 8.48. The Balaban J connectivity index is 2.07. The zero-order valence-corrected chi connectivity index (χ0v) is 11.0. The summed E-state index contributed by atoms with van der Waals surface area (Å²) in [6.07, 6.45) is 2.70. The predicted molar refractivity (Wildman–Crippen MR) is 73.0 cm³/mol. The van der Waals surface area contributed by atoms with Crippen LogP contribution >= 0.6 is 0 Å². The lowest BCUT2D eigenvalue weighted by atomic mass is 10.0. The Morgan fingerprint density at radius 2 is 2.05 bits per heavy atom. The third-order valence-electron chi connectivity index (χ3n) is 3.45. The number of amides is 1. The second kappa shape index (κ2) is 6.65. The molecule has 0 unspecified atom stereocenters. The van der Waals surface area contributed by atoms with Crippen molar-refractivity contribution in [2.24, 2.45) is 5.84 Å². The maximum absolute atomic E-state index is 11.4. The number of hydrazine groups is 1. The Kier molecular flexibility index (Phi) is 4.90. The third-order valence-corrected chi connectivity index (χ3v) is 3.45. The summed E-state index contributed by atoms with van der Waals surface area (Å²) in [6.45, 7) is 1.63. The summed E-state index contributed by atoms with van der Waals surface area (Å²) in [5.41, 5.74) is 4.29. The van der Waals surface area contributed by atoms with Crippen molar-refractivity contribution in [1.82, 2.24) is 10.3 Å². The van der Waals surface area contributed by atoms with Gasteiger partial charge in [-0.05, 0) is 24.0 Å². The van der Waals surface area contributed by atoms with E-state index in [-0.39, 0.29) is 12.5 Å². The van der Waals surface area contributed by atoms with Crippen LogP contribution in [0.3, 0.4) is 0 Å². The van der Waals surface area contributed by atoms with Gasteiger partial charge in [-0.2, -0.15) is 0 Å². The third kappa shape index (κ3) is 4.02. The molecule has 0 bridgehead atoms. The van der Waals surface area contributed by atoms with E-state index in [4.69, 9.17) is 10.9 Å². The molecule has 0 spiro atoms. The number of rotatable bonds is 7. The molecule has 1 saturated carbocycles. The number of benzene rings is 1. The van der Waals surface area contributed by atoms with Crippen molar-refractivity contribution in [3.05, 3.63) is 35.4 Å². The van der Waals surface area contributed by atoms with Crippen LogP contribution in [-0.2, 0) is 17.8 Å². The van der Waals surface area contributed by atoms with E-state index in [1.54, 1.807) is 0 Å². The van der Waals surface area contributed by atoms with Crippen molar-refractivity contribution in [2.45, 2.75) is 31.8 Å². The van der Waals surface area contributed by atoms with Gasteiger partial charge in [0, 0.05) is 19.1 Å². The molecule has 0 saturated heterocycles. The maximum atomic E-state index is 11.4. The Labute approximate surface area is 113 Å². The number of nitrogens with two attached hydrogens (primary N) is 1. The molecule has 0 aliphatic heterocycles. The first-order valence-electron chi connectivity index (χ1n) is 6.65. The zero-order chi connectivity index (χ0) is 13.7. The van der Waals surface area contributed by atoms with Gasteiger partial charge in [0.25, 0.3) is 0 Å². The summed E-state index contributed by atoms with van der Waals surface area (Å²) in [5, 5.41) is 9.12. The van der Waals surface area contributed by atoms with Gasteiger partial charge >= 0.3 is 0 Å². The van der Waals surface area contributed by atoms with Crippen LogP contribution in [0.25, 0.3) is 0 Å². The van der Waals surface area contributed by atoms with Crippen LogP contribution in [0.2, 0.25) is 0 Å². The summed E-state index contributed by atoms with van der Waals surface area (Å²) < 4.78 is 0. The number of aliphatic hydroxyl groups is 1. The van der Waals surface area contributed by atoms with E-state index in [1.165, 1.54) is 12.8 Å². The van der Waals surface area contributed by atoms with E-state index in [2.05, 4.69) is 10.3 Å². The molecule has 4 N–H and O–H groups in total. The van der Waals surface area contributed by atoms with Gasteiger partial charge in [-0.15, -0.1) is 0 Å². The highest BCUT2D eigenvalue weighted by Crippen LogP contribution is 2.28. The number of hydrogen-bond donors (Lipinski definition) is 3. The SMILES string of the molecule is NNC(=O)Cc1ccccc1CN(CCO)C1CC1. The predicted octanol–water partition coefficient (Wildman–Crippen LogP) is 0.176. The number of hydrogen-bond acceptors (Lipinski definition) is 4. The number of carbonyl (C=O) groups is 1. The molecular formula is C14H21N3O2. The lowest BCUT2D eigenvalue weighted by Gasteiger charge is -2.22. The molecule has 1 aliphatic rings. The van der Waals surface area contributed by atoms with Crippen molar-refractivity contribution in [3.8, 4) is 0 Å². The van der Waals surface area contributed by atoms with E-state index in [9.17, 15) is 4.79 Å². The van der Waals surface area contributed by atoms with Gasteiger partial charge in [-0.3, -0.25) is 15.1 Å². The monoisotopic (exact) mass is 263 g/mol. The molecule has 104 valence electrons. The summed E-state index contributed by atoms with van der Waals surface area (Å²) in [7, 11) is 0. The number of nitrogens with one attached hydrogen (secondary N) is 1. The summed E-state index contributed by atoms with van der Waals surface area (Å²) in [4.78, 5) is 13.7. The lowest BCUT2D eigenvalue weighted by molar-refractivity contribution is -0.120. The van der Waals surface area contributed by atoms with Crippen molar-refractivity contribution >= 4 is 5.91 Å². The molecule has 2 rings (SSSR count). The molecule has 1 amide bonds. The largest absolute Gasteiger partial charge is 0.395 e. The van der Waals surface area contributed by atoms with Gasteiger partial charge < -0.3 is 5.11 Å². The molecule has 1 aromatic rings. The fourth-order valence-electron chi connectivity index (χ4n) is 2.29. The van der Waals surface area contributed by atoms with E-state index < -0.39 is 0 Å².